The molecule has 1 fully saturated rings. The molecule has 218 valence electrons. The van der Waals surface area contributed by atoms with Gasteiger partial charge in [0.2, 0.25) is 23.6 Å². The van der Waals surface area contributed by atoms with E-state index in [1.54, 1.807) is 13.8 Å². The highest BCUT2D eigenvalue weighted by Crippen LogP contribution is 2.28. The molecule has 39 heavy (non-hydrogen) atoms. The van der Waals surface area contributed by atoms with Gasteiger partial charge in [0.15, 0.2) is 5.78 Å². The SMILES string of the molecule is CC(=O)N[C@@H](CC(=O)O)C(=O)N[C@@H](CCC(=O)O)C(=O)N[C@H](C(=O)N[C@@H](CC(=O)O)C(=O)C1CCC1)C(C)C. The third-order valence-electron chi connectivity index (χ3n) is 6.15. The van der Waals surface area contributed by atoms with Crippen LogP contribution in [0.25, 0.3) is 0 Å². The summed E-state index contributed by atoms with van der Waals surface area (Å²) in [5.41, 5.74) is 0. The molecule has 15 heteroatoms. The molecule has 0 aromatic heterocycles. The molecule has 0 aromatic carbocycles. The normalized spacial score (nSPS) is 16.0. The average molecular weight is 557 g/mol. The highest BCUT2D eigenvalue weighted by atomic mass is 16.4. The van der Waals surface area contributed by atoms with Gasteiger partial charge in [-0.15, -0.1) is 0 Å². The number of rotatable bonds is 17. The van der Waals surface area contributed by atoms with Gasteiger partial charge in [-0.1, -0.05) is 20.3 Å². The Balaban J connectivity index is 3.08. The summed E-state index contributed by atoms with van der Waals surface area (Å²) >= 11 is 0. The first-order valence-electron chi connectivity index (χ1n) is 12.5. The summed E-state index contributed by atoms with van der Waals surface area (Å²) < 4.78 is 0. The minimum absolute atomic E-state index is 0.361. The van der Waals surface area contributed by atoms with Crippen LogP contribution in [0, 0.1) is 11.8 Å². The van der Waals surface area contributed by atoms with Crippen LogP contribution in [0.3, 0.4) is 0 Å². The lowest BCUT2D eigenvalue weighted by molar-refractivity contribution is -0.143. The van der Waals surface area contributed by atoms with Crippen LogP contribution in [0.2, 0.25) is 0 Å². The molecule has 1 aliphatic rings. The highest BCUT2D eigenvalue weighted by molar-refractivity contribution is 5.98. The number of amides is 4. The zero-order valence-corrected chi connectivity index (χ0v) is 22.0. The molecule has 1 rings (SSSR count). The van der Waals surface area contributed by atoms with Gasteiger partial charge in [0, 0.05) is 19.3 Å². The second-order valence-corrected chi connectivity index (χ2v) is 9.76. The molecule has 0 bridgehead atoms. The van der Waals surface area contributed by atoms with Gasteiger partial charge in [0.1, 0.15) is 18.1 Å². The van der Waals surface area contributed by atoms with E-state index in [0.29, 0.717) is 12.8 Å². The van der Waals surface area contributed by atoms with Gasteiger partial charge < -0.3 is 36.6 Å². The number of carbonyl (C=O) groups is 8. The summed E-state index contributed by atoms with van der Waals surface area (Å²) in [4.78, 5) is 96.3. The van der Waals surface area contributed by atoms with Crippen molar-refractivity contribution in [3.05, 3.63) is 0 Å². The van der Waals surface area contributed by atoms with E-state index in [4.69, 9.17) is 10.2 Å². The van der Waals surface area contributed by atoms with Crippen molar-refractivity contribution < 1.29 is 53.7 Å². The lowest BCUT2D eigenvalue weighted by Gasteiger charge is -2.30. The van der Waals surface area contributed by atoms with Gasteiger partial charge in [0.05, 0.1) is 18.9 Å². The number of carbonyl (C=O) groups excluding carboxylic acids is 5. The largest absolute Gasteiger partial charge is 0.481 e. The fourth-order valence-corrected chi connectivity index (χ4v) is 3.86. The lowest BCUT2D eigenvalue weighted by Crippen LogP contribution is -2.59. The first-order valence-corrected chi connectivity index (χ1v) is 12.5. The van der Waals surface area contributed by atoms with Crippen molar-refractivity contribution in [2.24, 2.45) is 11.8 Å². The Morgan fingerprint density at radius 3 is 1.64 bits per heavy atom. The smallest absolute Gasteiger partial charge is 0.305 e. The molecule has 1 saturated carbocycles. The molecule has 15 nitrogen and oxygen atoms in total. The van der Waals surface area contributed by atoms with Gasteiger partial charge >= 0.3 is 17.9 Å². The molecular formula is C24H36N4O11. The maximum Gasteiger partial charge on any atom is 0.305 e. The summed E-state index contributed by atoms with van der Waals surface area (Å²) in [7, 11) is 0. The molecule has 7 N–H and O–H groups in total. The van der Waals surface area contributed by atoms with Crippen molar-refractivity contribution in [1.29, 1.82) is 0 Å². The zero-order valence-electron chi connectivity index (χ0n) is 22.0. The van der Waals surface area contributed by atoms with Crippen molar-refractivity contribution in [3.63, 3.8) is 0 Å². The number of hydrogen-bond acceptors (Lipinski definition) is 8. The van der Waals surface area contributed by atoms with Crippen LogP contribution in [0.4, 0.5) is 0 Å². The number of carboxylic acid groups (broad SMARTS) is 3. The van der Waals surface area contributed by atoms with Gasteiger partial charge in [-0.3, -0.25) is 38.4 Å². The van der Waals surface area contributed by atoms with Crippen molar-refractivity contribution >= 4 is 47.3 Å². The van der Waals surface area contributed by atoms with Crippen molar-refractivity contribution in [1.82, 2.24) is 21.3 Å². The van der Waals surface area contributed by atoms with E-state index >= 15 is 0 Å². The molecule has 4 amide bonds. The Labute approximate surface area is 224 Å². The van der Waals surface area contributed by atoms with E-state index < -0.39 is 103 Å². The van der Waals surface area contributed by atoms with Crippen LogP contribution in [-0.2, 0) is 38.4 Å². The second kappa shape index (κ2) is 15.4. The molecule has 0 saturated heterocycles. The molecule has 0 heterocycles. The van der Waals surface area contributed by atoms with Gasteiger partial charge in [-0.25, -0.2) is 0 Å². The quantitative estimate of drug-likeness (QED) is 0.112. The van der Waals surface area contributed by atoms with Gasteiger partial charge in [0.25, 0.3) is 0 Å². The minimum Gasteiger partial charge on any atom is -0.481 e. The maximum atomic E-state index is 13.1. The number of carboxylic acids is 3. The molecule has 0 unspecified atom stereocenters. The van der Waals surface area contributed by atoms with Crippen LogP contribution in [0.1, 0.15) is 65.7 Å². The number of ketones is 1. The number of hydrogen-bond donors (Lipinski definition) is 7. The Kier molecular flexibility index (Phi) is 13.0. The standard InChI is InChI=1S/C24H36N4O11/c1-11(2)20(24(39)27-15(9-18(32)33)21(36)13-5-4-6-13)28-22(37)14(7-8-17(30)31)26-23(38)16(10-19(34)35)25-12(3)29/h11,13-16,20H,4-10H2,1-3H3,(H,25,29)(H,26,38)(H,27,39)(H,28,37)(H,30,31)(H,32,33)(H,34,35)/t14-,15-,16-,20-/m0/s1. The van der Waals surface area contributed by atoms with Crippen LogP contribution < -0.4 is 21.3 Å². The highest BCUT2D eigenvalue weighted by Gasteiger charge is 2.36. The van der Waals surface area contributed by atoms with Gasteiger partial charge in [-0.2, -0.15) is 0 Å². The summed E-state index contributed by atoms with van der Waals surface area (Å²) in [6.07, 6.45) is -0.477. The Bertz CT molecular complexity index is 961. The van der Waals surface area contributed by atoms with E-state index in [9.17, 15) is 43.5 Å². The fourth-order valence-electron chi connectivity index (χ4n) is 3.86. The van der Waals surface area contributed by atoms with E-state index in [2.05, 4.69) is 21.3 Å². The molecule has 0 radical (unpaired) electrons. The van der Waals surface area contributed by atoms with E-state index in [-0.39, 0.29) is 5.92 Å². The number of nitrogens with one attached hydrogen (secondary N) is 4. The predicted molar refractivity (Wildman–Crippen MR) is 132 cm³/mol. The van der Waals surface area contributed by atoms with Gasteiger partial charge in [-0.05, 0) is 25.2 Å². The van der Waals surface area contributed by atoms with Crippen molar-refractivity contribution in [2.45, 2.75) is 89.9 Å². The fraction of sp³-hybridized carbons (Fsp3) is 0.667. The predicted octanol–water partition coefficient (Wildman–Crippen LogP) is -1.22. The van der Waals surface area contributed by atoms with E-state index in [0.717, 1.165) is 13.3 Å². The molecule has 4 atom stereocenters. The monoisotopic (exact) mass is 556 g/mol. The van der Waals surface area contributed by atoms with Crippen LogP contribution >= 0.6 is 0 Å². The summed E-state index contributed by atoms with van der Waals surface area (Å²) in [6.45, 7) is 4.18. The first kappa shape index (κ1) is 33.0. The van der Waals surface area contributed by atoms with Crippen molar-refractivity contribution in [3.8, 4) is 0 Å². The minimum atomic E-state index is -1.56. The lowest BCUT2D eigenvalue weighted by atomic mass is 9.79. The zero-order chi connectivity index (χ0) is 29.9. The molecule has 0 aromatic rings. The van der Waals surface area contributed by atoms with Crippen LogP contribution in [0.5, 0.6) is 0 Å². The summed E-state index contributed by atoms with van der Waals surface area (Å²) in [5.74, 6) is -8.96. The van der Waals surface area contributed by atoms with Crippen LogP contribution in [0.15, 0.2) is 0 Å². The first-order chi connectivity index (χ1) is 18.1. The van der Waals surface area contributed by atoms with E-state index in [1.165, 1.54) is 0 Å². The molecular weight excluding hydrogens is 520 g/mol. The summed E-state index contributed by atoms with van der Waals surface area (Å²) in [5, 5.41) is 36.4. The maximum absolute atomic E-state index is 13.1. The molecule has 1 aliphatic carbocycles. The third kappa shape index (κ3) is 11.5. The molecule has 0 aliphatic heterocycles. The Morgan fingerprint density at radius 2 is 1.21 bits per heavy atom. The van der Waals surface area contributed by atoms with Crippen molar-refractivity contribution in [2.75, 3.05) is 0 Å². The Morgan fingerprint density at radius 1 is 0.692 bits per heavy atom. The number of aliphatic carboxylic acids is 3. The second-order valence-electron chi connectivity index (χ2n) is 9.76. The number of Topliss-reactive ketones (excluding diaryl/α,β-unsaturated/α-hetero) is 1. The van der Waals surface area contributed by atoms with E-state index in [1.807, 2.05) is 0 Å². The topological polar surface area (TPSA) is 245 Å². The summed E-state index contributed by atoms with van der Waals surface area (Å²) in [6, 6.07) is -5.69. The Hall–Kier alpha value is -4.04. The molecule has 0 spiro atoms. The third-order valence-corrected chi connectivity index (χ3v) is 6.15. The van der Waals surface area contributed by atoms with Crippen LogP contribution in [-0.4, -0.2) is 86.8 Å². The average Bonchev–Trinajstić information content (AvgIpc) is 2.76.